The minimum absolute atomic E-state index is 0.132. The van der Waals surface area contributed by atoms with E-state index in [1.165, 1.54) is 212 Å². The fourth-order valence-electron chi connectivity index (χ4n) is 9.11. The topological polar surface area (TPSA) is 149 Å². The van der Waals surface area contributed by atoms with E-state index in [4.69, 9.17) is 9.47 Å². The molecule has 0 aromatic carbocycles. The van der Waals surface area contributed by atoms with Crippen LogP contribution in [-0.4, -0.2) is 87.5 Å². The van der Waals surface area contributed by atoms with Crippen molar-refractivity contribution < 1.29 is 39.8 Å². The standard InChI is InChI=1S/C53H105NO8/c1-3-5-7-9-11-13-15-16-17-18-19-20-21-22-23-24-25-26-27-28-29-30-31-33-35-37-39-41-43-49(57)54-46(45-61-53-52(60)51(59)50(58)48(44-55)62-53)47(56)42-40-38-36-34-32-14-12-10-8-6-4-2/h46-48,50-53,55-56,58-60H,3-45H2,1-2H3,(H,54,57)/t46-,47+,48+,50-,51?,52?,53+/m0/s1. The van der Waals surface area contributed by atoms with Gasteiger partial charge in [0.1, 0.15) is 24.4 Å². The lowest BCUT2D eigenvalue weighted by Crippen LogP contribution is -2.60. The first-order valence-electron chi connectivity index (χ1n) is 27.2. The maximum Gasteiger partial charge on any atom is 0.220 e. The Balaban J connectivity index is 2.11. The van der Waals surface area contributed by atoms with Crippen molar-refractivity contribution in [2.75, 3.05) is 13.2 Å². The van der Waals surface area contributed by atoms with E-state index in [1.807, 2.05) is 0 Å². The predicted molar refractivity (Wildman–Crippen MR) is 258 cm³/mol. The van der Waals surface area contributed by atoms with Crippen LogP contribution in [0.5, 0.6) is 0 Å². The number of hydrogen-bond donors (Lipinski definition) is 6. The zero-order valence-electron chi connectivity index (χ0n) is 40.9. The van der Waals surface area contributed by atoms with Crippen molar-refractivity contribution in [1.29, 1.82) is 0 Å². The average molecular weight is 884 g/mol. The average Bonchev–Trinajstić information content (AvgIpc) is 3.27. The second-order valence-electron chi connectivity index (χ2n) is 19.4. The Morgan fingerprint density at radius 1 is 0.484 bits per heavy atom. The number of rotatable bonds is 47. The van der Waals surface area contributed by atoms with E-state index in [1.54, 1.807) is 0 Å². The van der Waals surface area contributed by atoms with Crippen LogP contribution in [0.2, 0.25) is 0 Å². The number of unbranched alkanes of at least 4 members (excludes halogenated alkanes) is 37. The van der Waals surface area contributed by atoms with Crippen molar-refractivity contribution in [3.05, 3.63) is 0 Å². The number of carbonyl (C=O) groups excluding carboxylic acids is 1. The summed E-state index contributed by atoms with van der Waals surface area (Å²) in [6.07, 6.45) is 44.3. The molecule has 0 aromatic heterocycles. The van der Waals surface area contributed by atoms with Gasteiger partial charge >= 0.3 is 0 Å². The highest BCUT2D eigenvalue weighted by atomic mass is 16.7. The molecule has 2 unspecified atom stereocenters. The molecule has 7 atom stereocenters. The quantitative estimate of drug-likeness (QED) is 0.0331. The lowest BCUT2D eigenvalue weighted by molar-refractivity contribution is -0.302. The highest BCUT2D eigenvalue weighted by molar-refractivity contribution is 5.76. The van der Waals surface area contributed by atoms with Crippen molar-refractivity contribution in [3.8, 4) is 0 Å². The highest BCUT2D eigenvalue weighted by Gasteiger charge is 2.44. The molecule has 1 aliphatic heterocycles. The van der Waals surface area contributed by atoms with Crippen LogP contribution < -0.4 is 5.32 Å². The van der Waals surface area contributed by atoms with Crippen LogP contribution >= 0.6 is 0 Å². The van der Waals surface area contributed by atoms with Crippen molar-refractivity contribution >= 4 is 5.91 Å². The van der Waals surface area contributed by atoms with Gasteiger partial charge in [-0.2, -0.15) is 0 Å². The first-order chi connectivity index (χ1) is 30.3. The highest BCUT2D eigenvalue weighted by Crippen LogP contribution is 2.23. The van der Waals surface area contributed by atoms with Crippen LogP contribution in [-0.2, 0) is 14.3 Å². The van der Waals surface area contributed by atoms with Gasteiger partial charge < -0.3 is 40.3 Å². The molecule has 1 aliphatic rings. The summed E-state index contributed by atoms with van der Waals surface area (Å²) >= 11 is 0. The van der Waals surface area contributed by atoms with E-state index in [0.717, 1.165) is 38.5 Å². The molecule has 1 fully saturated rings. The van der Waals surface area contributed by atoms with Crippen molar-refractivity contribution in [2.24, 2.45) is 0 Å². The molecule has 370 valence electrons. The number of ether oxygens (including phenoxy) is 2. The van der Waals surface area contributed by atoms with Gasteiger partial charge in [0.25, 0.3) is 0 Å². The van der Waals surface area contributed by atoms with E-state index in [-0.39, 0.29) is 12.5 Å². The first kappa shape index (κ1) is 59.2. The van der Waals surface area contributed by atoms with Gasteiger partial charge in [0, 0.05) is 6.42 Å². The molecule has 0 bridgehead atoms. The predicted octanol–water partition coefficient (Wildman–Crippen LogP) is 12.7. The summed E-state index contributed by atoms with van der Waals surface area (Å²) in [5.74, 6) is -0.139. The van der Waals surface area contributed by atoms with Gasteiger partial charge in [0.2, 0.25) is 5.91 Å². The first-order valence-corrected chi connectivity index (χ1v) is 27.2. The molecule has 9 nitrogen and oxygen atoms in total. The van der Waals surface area contributed by atoms with E-state index in [2.05, 4.69) is 19.2 Å². The largest absolute Gasteiger partial charge is 0.394 e. The van der Waals surface area contributed by atoms with Gasteiger partial charge in [-0.1, -0.05) is 258 Å². The summed E-state index contributed by atoms with van der Waals surface area (Å²) in [4.78, 5) is 13.0. The molecule has 0 saturated carbocycles. The van der Waals surface area contributed by atoms with Gasteiger partial charge in [-0.05, 0) is 12.8 Å². The zero-order valence-corrected chi connectivity index (χ0v) is 40.9. The lowest BCUT2D eigenvalue weighted by Gasteiger charge is -2.40. The van der Waals surface area contributed by atoms with Crippen molar-refractivity contribution in [3.63, 3.8) is 0 Å². The molecule has 0 aliphatic carbocycles. The summed E-state index contributed by atoms with van der Waals surface area (Å²) < 4.78 is 11.3. The van der Waals surface area contributed by atoms with E-state index in [0.29, 0.717) is 12.8 Å². The second-order valence-corrected chi connectivity index (χ2v) is 19.4. The molecule has 1 amide bonds. The van der Waals surface area contributed by atoms with Crippen LogP contribution in [0.25, 0.3) is 0 Å². The van der Waals surface area contributed by atoms with Gasteiger partial charge in [-0.25, -0.2) is 0 Å². The summed E-state index contributed by atoms with van der Waals surface area (Å²) in [5.41, 5.74) is 0. The van der Waals surface area contributed by atoms with Crippen LogP contribution in [0.15, 0.2) is 0 Å². The van der Waals surface area contributed by atoms with Crippen LogP contribution in [0, 0.1) is 0 Å². The smallest absolute Gasteiger partial charge is 0.220 e. The molecule has 0 aromatic rings. The zero-order chi connectivity index (χ0) is 45.1. The Hall–Kier alpha value is -0.810. The minimum Gasteiger partial charge on any atom is -0.394 e. The third-order valence-electron chi connectivity index (χ3n) is 13.5. The van der Waals surface area contributed by atoms with E-state index in [9.17, 15) is 30.3 Å². The van der Waals surface area contributed by atoms with Gasteiger partial charge in [-0.3, -0.25) is 4.79 Å². The van der Waals surface area contributed by atoms with Gasteiger partial charge in [0.15, 0.2) is 6.29 Å². The SMILES string of the molecule is CCCCCCCCCCCCCCCCCCCCCCCCCCCCCCC(=O)N[C@@H](CO[C@@H]1O[C@H](CO)[C@H](O)C(O)C1O)[C@H](O)CCCCCCCCCCCCC. The molecule has 0 spiro atoms. The number of carbonyl (C=O) groups is 1. The van der Waals surface area contributed by atoms with E-state index >= 15 is 0 Å². The number of aliphatic hydroxyl groups is 5. The van der Waals surface area contributed by atoms with Crippen molar-refractivity contribution in [2.45, 2.75) is 320 Å². The summed E-state index contributed by atoms with van der Waals surface area (Å²) in [7, 11) is 0. The molecular weight excluding hydrogens is 779 g/mol. The third-order valence-corrected chi connectivity index (χ3v) is 13.5. The summed E-state index contributed by atoms with van der Waals surface area (Å²) in [6.45, 7) is 3.85. The number of nitrogens with one attached hydrogen (secondary N) is 1. The molecule has 62 heavy (non-hydrogen) atoms. The second kappa shape index (κ2) is 44.0. The number of amides is 1. The Labute approximate surface area is 383 Å². The normalized spacial score (nSPS) is 20.1. The minimum atomic E-state index is -1.55. The number of aliphatic hydroxyl groups excluding tert-OH is 5. The molecule has 1 saturated heterocycles. The molecule has 1 rings (SSSR count). The molecule has 9 heteroatoms. The maximum atomic E-state index is 13.0. The Morgan fingerprint density at radius 3 is 1.15 bits per heavy atom. The summed E-state index contributed by atoms with van der Waals surface area (Å²) in [5, 5.41) is 54.4. The van der Waals surface area contributed by atoms with Crippen molar-refractivity contribution in [1.82, 2.24) is 5.32 Å². The number of hydrogen-bond acceptors (Lipinski definition) is 8. The molecule has 0 radical (unpaired) electrons. The summed E-state index contributed by atoms with van der Waals surface area (Å²) in [6, 6.07) is -0.711. The Morgan fingerprint density at radius 2 is 0.806 bits per heavy atom. The van der Waals surface area contributed by atoms with Gasteiger partial charge in [-0.15, -0.1) is 0 Å². The lowest BCUT2D eigenvalue weighted by atomic mass is 9.99. The van der Waals surface area contributed by atoms with Gasteiger partial charge in [0.05, 0.1) is 25.4 Å². The van der Waals surface area contributed by atoms with Crippen LogP contribution in [0.3, 0.4) is 0 Å². The van der Waals surface area contributed by atoms with E-state index < -0.39 is 49.5 Å². The molecule has 1 heterocycles. The maximum absolute atomic E-state index is 13.0. The Bertz CT molecular complexity index is 939. The molecule has 6 N–H and O–H groups in total. The van der Waals surface area contributed by atoms with Crippen LogP contribution in [0.4, 0.5) is 0 Å². The van der Waals surface area contributed by atoms with Crippen LogP contribution in [0.1, 0.15) is 277 Å². The monoisotopic (exact) mass is 884 g/mol. The molecular formula is C53H105NO8. The third kappa shape index (κ3) is 33.6. The Kier molecular flexibility index (Phi) is 42.1. The fourth-order valence-corrected chi connectivity index (χ4v) is 9.11. The fraction of sp³-hybridized carbons (Fsp3) is 0.981.